The van der Waals surface area contributed by atoms with Crippen molar-refractivity contribution >= 4 is 34.7 Å². The largest absolute Gasteiger partial charge is 0.389 e. The van der Waals surface area contributed by atoms with E-state index in [4.69, 9.17) is 0 Å². The van der Waals surface area contributed by atoms with E-state index in [0.717, 1.165) is 21.9 Å². The Balaban J connectivity index is 2.26. The lowest BCUT2D eigenvalue weighted by Crippen LogP contribution is -2.51. The summed E-state index contributed by atoms with van der Waals surface area (Å²) in [5.41, 5.74) is 0.920. The van der Waals surface area contributed by atoms with Crippen molar-refractivity contribution in [2.45, 2.75) is 63.2 Å². The summed E-state index contributed by atoms with van der Waals surface area (Å²) in [5, 5.41) is 34.0. The molecule has 18 heteroatoms. The second-order valence-corrected chi connectivity index (χ2v) is 10.4. The monoisotopic (exact) mass is 630 g/mol. The molecule has 0 aliphatic carbocycles. The third-order valence-corrected chi connectivity index (χ3v) is 7.02. The van der Waals surface area contributed by atoms with Crippen LogP contribution >= 0.6 is 11.3 Å². The number of carbonyl (C=O) groups is 3. The van der Waals surface area contributed by atoms with Crippen molar-refractivity contribution in [1.82, 2.24) is 20.4 Å². The first-order valence-electron chi connectivity index (χ1n) is 13.2. The van der Waals surface area contributed by atoms with Crippen LogP contribution in [-0.2, 0) is 20.8 Å². The van der Waals surface area contributed by atoms with E-state index < -0.39 is 53.9 Å². The van der Waals surface area contributed by atoms with Crippen molar-refractivity contribution in [3.8, 4) is 0 Å². The van der Waals surface area contributed by atoms with Gasteiger partial charge in [-0.3, -0.25) is 19.6 Å². The molecule has 0 spiro atoms. The molecule has 0 aliphatic heterocycles. The van der Waals surface area contributed by atoms with E-state index in [9.17, 15) is 42.9 Å². The van der Waals surface area contributed by atoms with Gasteiger partial charge in [0.25, 0.3) is 0 Å². The molecule has 3 atom stereocenters. The van der Waals surface area contributed by atoms with Crippen LogP contribution in [0.1, 0.15) is 44.1 Å². The SMILES string of the molecule is CN(CCC[C@H](NC(=O)[C@H](CCCc1ccccc1)[C@H](CCC(F)(F)F)N(O)C=O)C(=O)Nc1nccs1)N=N[N+](=O)[O-]. The second kappa shape index (κ2) is 17.7. The first-order valence-corrected chi connectivity index (χ1v) is 14.1. The third-order valence-electron chi connectivity index (χ3n) is 6.33. The average Bonchev–Trinajstić information content (AvgIpc) is 3.47. The normalized spacial score (nSPS) is 13.6. The molecule has 236 valence electrons. The number of aryl methyl sites for hydroxylation is 1. The molecular formula is C25H33F3N8O6S. The van der Waals surface area contributed by atoms with Gasteiger partial charge in [-0.1, -0.05) is 30.3 Å². The van der Waals surface area contributed by atoms with Gasteiger partial charge in [0.15, 0.2) is 10.4 Å². The lowest BCUT2D eigenvalue weighted by molar-refractivity contribution is -0.496. The van der Waals surface area contributed by atoms with E-state index in [0.29, 0.717) is 12.8 Å². The zero-order chi connectivity index (χ0) is 31.8. The molecule has 0 saturated carbocycles. The van der Waals surface area contributed by atoms with E-state index in [1.807, 2.05) is 30.3 Å². The minimum atomic E-state index is -4.61. The van der Waals surface area contributed by atoms with E-state index >= 15 is 0 Å². The predicted octanol–water partition coefficient (Wildman–Crippen LogP) is 4.04. The maximum atomic E-state index is 13.6. The van der Waals surface area contributed by atoms with Gasteiger partial charge in [-0.05, 0) is 44.1 Å². The van der Waals surface area contributed by atoms with Crippen molar-refractivity contribution in [3.63, 3.8) is 0 Å². The number of nitrogens with zero attached hydrogens (tertiary/aromatic N) is 6. The highest BCUT2D eigenvalue weighted by molar-refractivity contribution is 7.13. The fourth-order valence-electron chi connectivity index (χ4n) is 4.27. The second-order valence-electron chi connectivity index (χ2n) is 9.52. The van der Waals surface area contributed by atoms with Crippen molar-refractivity contribution in [1.29, 1.82) is 0 Å². The minimum absolute atomic E-state index is 0.00101. The van der Waals surface area contributed by atoms with Crippen LogP contribution in [-0.4, -0.2) is 75.4 Å². The van der Waals surface area contributed by atoms with Gasteiger partial charge in [-0.2, -0.15) is 18.2 Å². The van der Waals surface area contributed by atoms with Gasteiger partial charge in [-0.15, -0.1) is 11.3 Å². The van der Waals surface area contributed by atoms with Crippen LogP contribution in [0.3, 0.4) is 0 Å². The number of halogens is 3. The van der Waals surface area contributed by atoms with Gasteiger partial charge < -0.3 is 20.7 Å². The molecule has 0 radical (unpaired) electrons. The number of nitrogens with one attached hydrogen (secondary N) is 2. The van der Waals surface area contributed by atoms with Crippen molar-refractivity contribution in [2.75, 3.05) is 18.9 Å². The topological polar surface area (TPSA) is 183 Å². The van der Waals surface area contributed by atoms with Crippen LogP contribution in [0, 0.1) is 16.0 Å². The summed E-state index contributed by atoms with van der Waals surface area (Å²) in [6, 6.07) is 6.42. The zero-order valence-corrected chi connectivity index (χ0v) is 24.0. The molecule has 2 rings (SSSR count). The highest BCUT2D eigenvalue weighted by Gasteiger charge is 2.37. The summed E-state index contributed by atoms with van der Waals surface area (Å²) in [5.74, 6) is -2.79. The van der Waals surface area contributed by atoms with Crippen LogP contribution < -0.4 is 10.6 Å². The molecule has 0 fully saturated rings. The van der Waals surface area contributed by atoms with Crippen LogP contribution in [0.15, 0.2) is 52.4 Å². The van der Waals surface area contributed by atoms with Crippen LogP contribution in [0.5, 0.6) is 0 Å². The van der Waals surface area contributed by atoms with Crippen molar-refractivity contribution in [3.05, 3.63) is 57.6 Å². The number of carbonyl (C=O) groups excluding carboxylic acids is 3. The molecule has 1 heterocycles. The highest BCUT2D eigenvalue weighted by atomic mass is 32.1. The van der Waals surface area contributed by atoms with Crippen LogP contribution in [0.2, 0.25) is 0 Å². The molecule has 3 N–H and O–H groups in total. The Bertz CT molecular complexity index is 1190. The Morgan fingerprint density at radius 1 is 1.19 bits per heavy atom. The third kappa shape index (κ3) is 13.6. The molecule has 0 bridgehead atoms. The Kier molecular flexibility index (Phi) is 14.4. The molecule has 1 aromatic carbocycles. The number of hydrogen-bond acceptors (Lipinski definition) is 9. The summed E-state index contributed by atoms with van der Waals surface area (Å²) in [6.07, 6.45) is -4.31. The first kappa shape index (κ1) is 35.0. The number of hydroxylamine groups is 2. The summed E-state index contributed by atoms with van der Waals surface area (Å²) in [6.45, 7) is 0.110. The lowest BCUT2D eigenvalue weighted by Gasteiger charge is -2.31. The first-order chi connectivity index (χ1) is 20.4. The maximum Gasteiger partial charge on any atom is 0.389 e. The number of rotatable bonds is 19. The molecular weight excluding hydrogens is 597 g/mol. The molecule has 14 nitrogen and oxygen atoms in total. The number of hydrogen-bond donors (Lipinski definition) is 3. The van der Waals surface area contributed by atoms with Crippen LogP contribution in [0.25, 0.3) is 0 Å². The van der Waals surface area contributed by atoms with E-state index in [1.165, 1.54) is 13.2 Å². The summed E-state index contributed by atoms with van der Waals surface area (Å²) in [7, 11) is 1.42. The quantitative estimate of drug-likeness (QED) is 0.0683. The van der Waals surface area contributed by atoms with Gasteiger partial charge in [0.05, 0.1) is 23.5 Å². The maximum absolute atomic E-state index is 13.6. The number of benzene rings is 1. The van der Waals surface area contributed by atoms with Crippen molar-refractivity contribution < 1.29 is 37.8 Å². The van der Waals surface area contributed by atoms with Crippen LogP contribution in [0.4, 0.5) is 18.3 Å². The minimum Gasteiger partial charge on any atom is -0.344 e. The number of thiazole rings is 1. The van der Waals surface area contributed by atoms with Crippen molar-refractivity contribution in [2.24, 2.45) is 16.4 Å². The fourth-order valence-corrected chi connectivity index (χ4v) is 4.80. The summed E-state index contributed by atoms with van der Waals surface area (Å²) >= 11 is 1.12. The van der Waals surface area contributed by atoms with Gasteiger partial charge in [-0.25, -0.2) is 10.0 Å². The molecule has 0 aliphatic rings. The Hall–Kier alpha value is -4.19. The number of anilines is 1. The van der Waals surface area contributed by atoms with Gasteiger partial charge in [0.2, 0.25) is 23.4 Å². The van der Waals surface area contributed by atoms with Gasteiger partial charge in [0, 0.05) is 25.0 Å². The Morgan fingerprint density at radius 3 is 2.51 bits per heavy atom. The van der Waals surface area contributed by atoms with Gasteiger partial charge in [0.1, 0.15) is 6.04 Å². The number of nitro groups is 1. The smallest absolute Gasteiger partial charge is 0.344 e. The predicted molar refractivity (Wildman–Crippen MR) is 148 cm³/mol. The molecule has 43 heavy (non-hydrogen) atoms. The molecule has 3 amide bonds. The fraction of sp³-hybridized carbons (Fsp3) is 0.520. The zero-order valence-electron chi connectivity index (χ0n) is 23.2. The molecule has 1 aromatic heterocycles. The molecule has 0 unspecified atom stereocenters. The Morgan fingerprint density at radius 2 is 1.91 bits per heavy atom. The summed E-state index contributed by atoms with van der Waals surface area (Å²) in [4.78, 5) is 52.5. The van der Waals surface area contributed by atoms with E-state index in [1.54, 1.807) is 5.38 Å². The molecule has 0 saturated heterocycles. The van der Waals surface area contributed by atoms with Gasteiger partial charge >= 0.3 is 6.18 Å². The number of alkyl halides is 3. The standard InChI is InChI=1S/C25H33F3N8O6S/c1-34(32-33-36(41)42)15-6-11-20(23(39)31-24-29-14-16-43-24)30-22(38)19(10-5-9-18-7-3-2-4-8-18)21(35(40)17-37)12-13-25(26,27)28/h2-4,7-8,14,16-17,19-21,40H,5-6,9-13,15H2,1H3,(H,30,38)(H,29,31,39)/t19-,20+,21+/m1/s1. The lowest BCUT2D eigenvalue weighted by atomic mass is 9.88. The average molecular weight is 631 g/mol. The Labute approximate surface area is 249 Å². The highest BCUT2D eigenvalue weighted by Crippen LogP contribution is 2.28. The molecule has 2 aromatic rings. The number of amides is 3. The van der Waals surface area contributed by atoms with E-state index in [-0.39, 0.29) is 42.4 Å². The number of aromatic nitrogens is 1. The summed E-state index contributed by atoms with van der Waals surface area (Å²) < 4.78 is 39.4. The van der Waals surface area contributed by atoms with E-state index in [2.05, 4.69) is 26.1 Å².